The van der Waals surface area contributed by atoms with Crippen molar-refractivity contribution in [3.05, 3.63) is 59.7 Å². The second-order valence-corrected chi connectivity index (χ2v) is 6.70. The van der Waals surface area contributed by atoms with Crippen molar-refractivity contribution in [2.24, 2.45) is 5.73 Å². The number of morpholine rings is 1. The van der Waals surface area contributed by atoms with Gasteiger partial charge in [-0.15, -0.1) is 0 Å². The van der Waals surface area contributed by atoms with E-state index >= 15 is 0 Å². The minimum atomic E-state index is -4.51. The first kappa shape index (κ1) is 22.2. The number of anilines is 2. The number of benzene rings is 2. The number of nitrogens with zero attached hydrogens (tertiary/aromatic N) is 1. The second-order valence-electron chi connectivity index (χ2n) is 6.70. The normalized spacial score (nSPS) is 17.9. The Morgan fingerprint density at radius 3 is 2.29 bits per heavy atom. The molecule has 4 N–H and O–H groups in total. The highest BCUT2D eigenvalue weighted by atomic mass is 19.4. The number of alkyl halides is 3. The number of primary amides is 1. The van der Waals surface area contributed by atoms with Gasteiger partial charge in [-0.1, -0.05) is 0 Å². The molecule has 164 valence electrons. The molecule has 3 rings (SSSR count). The van der Waals surface area contributed by atoms with Crippen LogP contribution < -0.4 is 16.0 Å². The number of nitrogens with two attached hydrogens (primary N) is 1. The van der Waals surface area contributed by atoms with Crippen LogP contribution in [0.3, 0.4) is 0 Å². The number of carbonyl (C=O) groups excluding carboxylic acids is 3. The molecule has 0 bridgehead atoms. The molecule has 1 aliphatic rings. The van der Waals surface area contributed by atoms with Crippen LogP contribution in [0.4, 0.5) is 24.5 Å². The predicted octanol–water partition coefficient (Wildman–Crippen LogP) is 1.54. The Kier molecular flexibility index (Phi) is 6.27. The van der Waals surface area contributed by atoms with Crippen molar-refractivity contribution in [1.82, 2.24) is 0 Å². The molecule has 0 aliphatic carbocycles. The van der Waals surface area contributed by atoms with Crippen molar-refractivity contribution in [1.29, 1.82) is 0 Å². The molecule has 0 aromatic heterocycles. The highest BCUT2D eigenvalue weighted by Gasteiger charge is 2.39. The summed E-state index contributed by atoms with van der Waals surface area (Å²) in [6.07, 6.45) is -7.93. The van der Waals surface area contributed by atoms with Crippen LogP contribution in [0.1, 0.15) is 15.9 Å². The van der Waals surface area contributed by atoms with E-state index in [1.54, 1.807) is 0 Å². The number of carbonyl (C=O) groups is 3. The molecule has 1 aliphatic heterocycles. The molecular weight excluding hydrogens is 419 g/mol. The monoisotopic (exact) mass is 437 g/mol. The summed E-state index contributed by atoms with van der Waals surface area (Å²) in [6, 6.07) is 9.48. The van der Waals surface area contributed by atoms with Crippen LogP contribution in [-0.4, -0.2) is 48.2 Å². The third kappa shape index (κ3) is 5.01. The summed E-state index contributed by atoms with van der Waals surface area (Å²) < 4.78 is 43.5. The first-order chi connectivity index (χ1) is 14.6. The van der Waals surface area contributed by atoms with Gasteiger partial charge < -0.3 is 25.8 Å². The average molecular weight is 437 g/mol. The molecule has 3 amide bonds. The standard InChI is InChI=1S/C20H18F3N3O5/c21-20(22,23)12-3-7-14(8-4-12)26-9-10-31-16(19(26)30)15(27)18(29)25-13-5-1-11(2-6-13)17(24)28/h1-8,15-16,27H,9-10H2,(H2,24,28)(H,25,29)/t15?,16-/m1/s1. The topological polar surface area (TPSA) is 122 Å². The smallest absolute Gasteiger partial charge is 0.380 e. The fraction of sp³-hybridized carbons (Fsp3) is 0.250. The Morgan fingerprint density at radius 1 is 1.13 bits per heavy atom. The molecule has 0 saturated carbocycles. The molecule has 8 nitrogen and oxygen atoms in total. The van der Waals surface area contributed by atoms with Gasteiger partial charge in [-0.3, -0.25) is 14.4 Å². The summed E-state index contributed by atoms with van der Waals surface area (Å²) in [5.41, 5.74) is 4.92. The van der Waals surface area contributed by atoms with E-state index in [2.05, 4.69) is 5.32 Å². The number of rotatable bonds is 5. The highest BCUT2D eigenvalue weighted by molar-refractivity contribution is 6.04. The zero-order chi connectivity index (χ0) is 22.8. The van der Waals surface area contributed by atoms with E-state index in [0.29, 0.717) is 0 Å². The Morgan fingerprint density at radius 2 is 1.74 bits per heavy atom. The summed E-state index contributed by atoms with van der Waals surface area (Å²) in [4.78, 5) is 37.3. The average Bonchev–Trinajstić information content (AvgIpc) is 2.73. The lowest BCUT2D eigenvalue weighted by molar-refractivity contribution is -0.150. The van der Waals surface area contributed by atoms with Crippen LogP contribution in [0, 0.1) is 0 Å². The predicted molar refractivity (Wildman–Crippen MR) is 103 cm³/mol. The fourth-order valence-corrected chi connectivity index (χ4v) is 2.99. The third-order valence-corrected chi connectivity index (χ3v) is 4.62. The number of hydrogen-bond acceptors (Lipinski definition) is 5. The number of amides is 3. The largest absolute Gasteiger partial charge is 0.416 e. The Labute approximate surface area is 174 Å². The van der Waals surface area contributed by atoms with E-state index in [1.165, 1.54) is 24.3 Å². The van der Waals surface area contributed by atoms with Crippen LogP contribution in [0.2, 0.25) is 0 Å². The zero-order valence-electron chi connectivity index (χ0n) is 15.9. The molecule has 0 radical (unpaired) electrons. The van der Waals surface area contributed by atoms with Crippen molar-refractivity contribution in [3.63, 3.8) is 0 Å². The lowest BCUT2D eigenvalue weighted by atomic mass is 10.1. The maximum absolute atomic E-state index is 12.7. The van der Waals surface area contributed by atoms with Crippen molar-refractivity contribution >= 4 is 29.1 Å². The summed E-state index contributed by atoms with van der Waals surface area (Å²) in [5, 5.41) is 12.7. The second kappa shape index (κ2) is 8.74. The SMILES string of the molecule is NC(=O)c1ccc(NC(=O)C(O)[C@H]2OCCN(c3ccc(C(F)(F)F)cc3)C2=O)cc1. The van der Waals surface area contributed by atoms with Crippen LogP contribution in [0.25, 0.3) is 0 Å². The van der Waals surface area contributed by atoms with Gasteiger partial charge >= 0.3 is 6.18 Å². The van der Waals surface area contributed by atoms with Crippen LogP contribution >= 0.6 is 0 Å². The lowest BCUT2D eigenvalue weighted by Crippen LogP contribution is -2.55. The minimum absolute atomic E-state index is 0.0327. The molecule has 1 unspecified atom stereocenters. The maximum atomic E-state index is 12.7. The van der Waals surface area contributed by atoms with Gasteiger partial charge in [0.25, 0.3) is 11.8 Å². The van der Waals surface area contributed by atoms with E-state index in [0.717, 1.165) is 29.2 Å². The van der Waals surface area contributed by atoms with Crippen LogP contribution in [-0.2, 0) is 20.5 Å². The molecule has 11 heteroatoms. The number of aliphatic hydroxyl groups is 1. The molecular formula is C20H18F3N3O5. The van der Waals surface area contributed by atoms with Crippen molar-refractivity contribution in [2.45, 2.75) is 18.4 Å². The third-order valence-electron chi connectivity index (χ3n) is 4.62. The molecule has 2 atom stereocenters. The molecule has 0 spiro atoms. The first-order valence-electron chi connectivity index (χ1n) is 9.07. The lowest BCUT2D eigenvalue weighted by Gasteiger charge is -2.34. The maximum Gasteiger partial charge on any atom is 0.416 e. The Bertz CT molecular complexity index is 977. The summed E-state index contributed by atoms with van der Waals surface area (Å²) >= 11 is 0. The molecule has 1 heterocycles. The summed E-state index contributed by atoms with van der Waals surface area (Å²) in [7, 11) is 0. The van der Waals surface area contributed by atoms with E-state index in [1.807, 2.05) is 0 Å². The number of aliphatic hydroxyl groups excluding tert-OH is 1. The summed E-state index contributed by atoms with van der Waals surface area (Å²) in [5.74, 6) is -2.35. The molecule has 2 aromatic carbocycles. The first-order valence-corrected chi connectivity index (χ1v) is 9.07. The molecule has 31 heavy (non-hydrogen) atoms. The van der Waals surface area contributed by atoms with E-state index in [-0.39, 0.29) is 30.1 Å². The number of halogens is 3. The van der Waals surface area contributed by atoms with Gasteiger partial charge in [-0.25, -0.2) is 0 Å². The quantitative estimate of drug-likeness (QED) is 0.655. The van der Waals surface area contributed by atoms with Crippen molar-refractivity contribution < 1.29 is 37.4 Å². The van der Waals surface area contributed by atoms with Crippen LogP contribution in [0.5, 0.6) is 0 Å². The van der Waals surface area contributed by atoms with Gasteiger partial charge in [-0.05, 0) is 48.5 Å². The number of hydrogen-bond donors (Lipinski definition) is 3. The summed E-state index contributed by atoms with van der Waals surface area (Å²) in [6.45, 7) is 0.0126. The van der Waals surface area contributed by atoms with Gasteiger partial charge in [0.15, 0.2) is 12.2 Å². The van der Waals surface area contributed by atoms with Gasteiger partial charge in [0, 0.05) is 23.5 Å². The van der Waals surface area contributed by atoms with Gasteiger partial charge in [0.1, 0.15) is 0 Å². The molecule has 2 aromatic rings. The van der Waals surface area contributed by atoms with Crippen LogP contribution in [0.15, 0.2) is 48.5 Å². The van der Waals surface area contributed by atoms with E-state index in [9.17, 15) is 32.7 Å². The zero-order valence-corrected chi connectivity index (χ0v) is 15.9. The minimum Gasteiger partial charge on any atom is -0.380 e. The number of ether oxygens (including phenoxy) is 1. The van der Waals surface area contributed by atoms with Crippen molar-refractivity contribution in [3.8, 4) is 0 Å². The van der Waals surface area contributed by atoms with Crippen molar-refractivity contribution in [2.75, 3.05) is 23.4 Å². The highest BCUT2D eigenvalue weighted by Crippen LogP contribution is 2.31. The Balaban J connectivity index is 1.69. The Hall–Kier alpha value is -3.44. The number of nitrogens with one attached hydrogen (secondary N) is 1. The molecule has 1 fully saturated rings. The van der Waals surface area contributed by atoms with E-state index < -0.39 is 41.7 Å². The van der Waals surface area contributed by atoms with E-state index in [4.69, 9.17) is 10.5 Å². The molecule has 1 saturated heterocycles. The fourth-order valence-electron chi connectivity index (χ4n) is 2.99. The van der Waals surface area contributed by atoms with Gasteiger partial charge in [0.05, 0.1) is 12.2 Å². The van der Waals surface area contributed by atoms with Gasteiger partial charge in [-0.2, -0.15) is 13.2 Å². The van der Waals surface area contributed by atoms with Gasteiger partial charge in [0.2, 0.25) is 5.91 Å².